The molecule has 5 heteroatoms. The molecule has 0 unspecified atom stereocenters. The topological polar surface area (TPSA) is 38.3 Å². The Balaban J connectivity index is 2.21. The third kappa shape index (κ3) is 5.08. The van der Waals surface area contributed by atoms with E-state index in [0.717, 1.165) is 33.0 Å². The van der Waals surface area contributed by atoms with Crippen LogP contribution in [0.2, 0.25) is 0 Å². The normalized spacial score (nSPS) is 10.4. The number of amides is 1. The minimum absolute atomic E-state index is 0.192. The zero-order chi connectivity index (χ0) is 16.8. The Hall–Kier alpha value is -1.33. The molecule has 0 aromatic heterocycles. The zero-order valence-electron chi connectivity index (χ0n) is 13.2. The van der Waals surface area contributed by atoms with Gasteiger partial charge in [0, 0.05) is 8.95 Å². The largest absolute Gasteiger partial charge is 0.493 e. The van der Waals surface area contributed by atoms with Crippen LogP contribution in [-0.2, 0) is 0 Å². The number of anilines is 1. The van der Waals surface area contributed by atoms with E-state index in [4.69, 9.17) is 4.74 Å². The third-order valence-electron chi connectivity index (χ3n) is 3.31. The monoisotopic (exact) mass is 439 g/mol. The van der Waals surface area contributed by atoms with Gasteiger partial charge in [-0.05, 0) is 65.2 Å². The molecule has 0 bridgehead atoms. The number of hydrogen-bond donors (Lipinski definition) is 1. The SMILES string of the molecule is CCCCOc1ccc(Br)cc1C(=O)Nc1ccc(C)cc1Br. The zero-order valence-corrected chi connectivity index (χ0v) is 16.3. The van der Waals surface area contributed by atoms with E-state index in [1.807, 2.05) is 37.3 Å². The summed E-state index contributed by atoms with van der Waals surface area (Å²) in [4.78, 5) is 12.6. The van der Waals surface area contributed by atoms with E-state index in [1.54, 1.807) is 6.07 Å². The first-order valence-corrected chi connectivity index (χ1v) is 9.09. The molecule has 0 atom stereocenters. The van der Waals surface area contributed by atoms with Gasteiger partial charge >= 0.3 is 0 Å². The summed E-state index contributed by atoms with van der Waals surface area (Å²) in [6, 6.07) is 11.3. The summed E-state index contributed by atoms with van der Waals surface area (Å²) < 4.78 is 7.44. The Kier molecular flexibility index (Phi) is 6.66. The maximum atomic E-state index is 12.6. The second kappa shape index (κ2) is 8.50. The summed E-state index contributed by atoms with van der Waals surface area (Å²) in [5.41, 5.74) is 2.38. The summed E-state index contributed by atoms with van der Waals surface area (Å²) in [7, 11) is 0. The van der Waals surface area contributed by atoms with E-state index in [2.05, 4.69) is 44.1 Å². The molecule has 0 aliphatic carbocycles. The van der Waals surface area contributed by atoms with Gasteiger partial charge in [-0.15, -0.1) is 0 Å². The molecule has 0 spiro atoms. The van der Waals surface area contributed by atoms with Crippen LogP contribution in [0.1, 0.15) is 35.7 Å². The van der Waals surface area contributed by atoms with Crippen LogP contribution in [-0.4, -0.2) is 12.5 Å². The lowest BCUT2D eigenvalue weighted by Gasteiger charge is -2.13. The highest BCUT2D eigenvalue weighted by atomic mass is 79.9. The molecule has 2 aromatic rings. The number of rotatable bonds is 6. The Bertz CT molecular complexity index is 701. The molecule has 23 heavy (non-hydrogen) atoms. The second-order valence-electron chi connectivity index (χ2n) is 5.28. The van der Waals surface area contributed by atoms with Gasteiger partial charge in [0.25, 0.3) is 5.91 Å². The fourth-order valence-corrected chi connectivity index (χ4v) is 3.00. The number of nitrogens with one attached hydrogen (secondary N) is 1. The highest BCUT2D eigenvalue weighted by Crippen LogP contribution is 2.27. The van der Waals surface area contributed by atoms with Gasteiger partial charge in [-0.3, -0.25) is 4.79 Å². The van der Waals surface area contributed by atoms with Crippen LogP contribution in [0.3, 0.4) is 0 Å². The lowest BCUT2D eigenvalue weighted by Crippen LogP contribution is -2.14. The number of aryl methyl sites for hydroxylation is 1. The average molecular weight is 441 g/mol. The molecule has 0 heterocycles. The summed E-state index contributed by atoms with van der Waals surface area (Å²) >= 11 is 6.89. The van der Waals surface area contributed by atoms with Crippen molar-refractivity contribution in [2.75, 3.05) is 11.9 Å². The van der Waals surface area contributed by atoms with E-state index < -0.39 is 0 Å². The van der Waals surface area contributed by atoms with Gasteiger partial charge in [0.05, 0.1) is 17.9 Å². The van der Waals surface area contributed by atoms with Gasteiger partial charge < -0.3 is 10.1 Å². The minimum atomic E-state index is -0.192. The molecule has 3 nitrogen and oxygen atoms in total. The van der Waals surface area contributed by atoms with Gasteiger partial charge in [0.2, 0.25) is 0 Å². The van der Waals surface area contributed by atoms with Crippen LogP contribution in [0.5, 0.6) is 5.75 Å². The smallest absolute Gasteiger partial charge is 0.259 e. The second-order valence-corrected chi connectivity index (χ2v) is 7.05. The molecule has 0 fully saturated rings. The molecule has 2 rings (SSSR count). The van der Waals surface area contributed by atoms with Crippen molar-refractivity contribution in [3.05, 3.63) is 56.5 Å². The number of ether oxygens (including phenoxy) is 1. The quantitative estimate of drug-likeness (QED) is 0.563. The number of benzene rings is 2. The van der Waals surface area contributed by atoms with Crippen LogP contribution in [0, 0.1) is 6.92 Å². The van der Waals surface area contributed by atoms with Gasteiger partial charge in [0.1, 0.15) is 5.75 Å². The van der Waals surface area contributed by atoms with E-state index in [9.17, 15) is 4.79 Å². The van der Waals surface area contributed by atoms with Gasteiger partial charge in [-0.1, -0.05) is 35.3 Å². The van der Waals surface area contributed by atoms with Crippen LogP contribution in [0.25, 0.3) is 0 Å². The van der Waals surface area contributed by atoms with Crippen molar-refractivity contribution in [3.63, 3.8) is 0 Å². The van der Waals surface area contributed by atoms with E-state index in [0.29, 0.717) is 17.9 Å². The minimum Gasteiger partial charge on any atom is -0.493 e. The third-order valence-corrected chi connectivity index (χ3v) is 4.46. The number of halogens is 2. The van der Waals surface area contributed by atoms with Crippen molar-refractivity contribution < 1.29 is 9.53 Å². The first-order valence-electron chi connectivity index (χ1n) is 7.51. The summed E-state index contributed by atoms with van der Waals surface area (Å²) in [6.07, 6.45) is 2.01. The van der Waals surface area contributed by atoms with E-state index in [-0.39, 0.29) is 5.91 Å². The fourth-order valence-electron chi connectivity index (χ4n) is 2.04. The molecule has 0 aliphatic rings. The molecule has 1 amide bonds. The molecule has 0 aliphatic heterocycles. The van der Waals surface area contributed by atoms with Crippen LogP contribution >= 0.6 is 31.9 Å². The Labute approximate surface area is 153 Å². The van der Waals surface area contributed by atoms with Crippen LogP contribution in [0.15, 0.2) is 45.3 Å². The first kappa shape index (κ1) is 18.0. The lowest BCUT2D eigenvalue weighted by atomic mass is 10.1. The Morgan fingerprint density at radius 3 is 2.65 bits per heavy atom. The Morgan fingerprint density at radius 2 is 1.96 bits per heavy atom. The molecular formula is C18H19Br2NO2. The molecule has 2 aromatic carbocycles. The summed E-state index contributed by atoms with van der Waals surface area (Å²) in [5.74, 6) is 0.407. The van der Waals surface area contributed by atoms with Crippen molar-refractivity contribution in [3.8, 4) is 5.75 Å². The van der Waals surface area contributed by atoms with Crippen LogP contribution < -0.4 is 10.1 Å². The van der Waals surface area contributed by atoms with E-state index >= 15 is 0 Å². The maximum absolute atomic E-state index is 12.6. The molecule has 0 saturated heterocycles. The average Bonchev–Trinajstić information content (AvgIpc) is 2.51. The predicted molar refractivity (Wildman–Crippen MR) is 101 cm³/mol. The Morgan fingerprint density at radius 1 is 1.17 bits per heavy atom. The predicted octanol–water partition coefficient (Wildman–Crippen LogP) is 5.95. The first-order chi connectivity index (χ1) is 11.0. The van der Waals surface area contributed by atoms with Gasteiger partial charge in [-0.2, -0.15) is 0 Å². The fraction of sp³-hybridized carbons (Fsp3) is 0.278. The van der Waals surface area contributed by atoms with Crippen molar-refractivity contribution in [1.29, 1.82) is 0 Å². The van der Waals surface area contributed by atoms with E-state index in [1.165, 1.54) is 0 Å². The van der Waals surface area contributed by atoms with Crippen molar-refractivity contribution in [1.82, 2.24) is 0 Å². The lowest BCUT2D eigenvalue weighted by molar-refractivity contribution is 0.102. The van der Waals surface area contributed by atoms with Crippen molar-refractivity contribution >= 4 is 43.5 Å². The van der Waals surface area contributed by atoms with Gasteiger partial charge in [0.15, 0.2) is 0 Å². The molecule has 0 radical (unpaired) electrons. The van der Waals surface area contributed by atoms with Crippen molar-refractivity contribution in [2.24, 2.45) is 0 Å². The number of carbonyl (C=O) groups is 1. The summed E-state index contributed by atoms with van der Waals surface area (Å²) in [6.45, 7) is 4.71. The number of hydrogen-bond acceptors (Lipinski definition) is 2. The summed E-state index contributed by atoms with van der Waals surface area (Å²) in [5, 5.41) is 2.93. The number of carbonyl (C=O) groups excluding carboxylic acids is 1. The number of unbranched alkanes of at least 4 members (excludes halogenated alkanes) is 1. The molecular weight excluding hydrogens is 422 g/mol. The molecule has 0 saturated carbocycles. The standard InChI is InChI=1S/C18H19Br2NO2/c1-3-4-9-23-17-8-6-13(19)11-14(17)18(22)21-16-7-5-12(2)10-15(16)20/h5-8,10-11H,3-4,9H2,1-2H3,(H,21,22). The highest BCUT2D eigenvalue weighted by Gasteiger charge is 2.15. The van der Waals surface area contributed by atoms with Crippen molar-refractivity contribution in [2.45, 2.75) is 26.7 Å². The maximum Gasteiger partial charge on any atom is 0.259 e. The molecule has 1 N–H and O–H groups in total. The van der Waals surface area contributed by atoms with Crippen LogP contribution in [0.4, 0.5) is 5.69 Å². The highest BCUT2D eigenvalue weighted by molar-refractivity contribution is 9.10. The molecule has 122 valence electrons. The van der Waals surface area contributed by atoms with Gasteiger partial charge in [-0.25, -0.2) is 0 Å².